The Morgan fingerprint density at radius 2 is 1.65 bits per heavy atom. The van der Waals surface area contributed by atoms with Crippen LogP contribution in [0.3, 0.4) is 0 Å². The van der Waals surface area contributed by atoms with Gasteiger partial charge in [0.25, 0.3) is 0 Å². The zero-order chi connectivity index (χ0) is 15.5. The molecular formula is C19H22N2O2. The van der Waals surface area contributed by atoms with Crippen LogP contribution in [0.15, 0.2) is 42.5 Å². The van der Waals surface area contributed by atoms with E-state index in [0.717, 1.165) is 23.7 Å². The van der Waals surface area contributed by atoms with Crippen LogP contribution in [0.1, 0.15) is 24.8 Å². The third-order valence-corrected chi connectivity index (χ3v) is 4.52. The molecule has 23 heavy (non-hydrogen) atoms. The van der Waals surface area contributed by atoms with Crippen LogP contribution >= 0.6 is 0 Å². The minimum atomic E-state index is 0.324. The Morgan fingerprint density at radius 1 is 0.870 bits per heavy atom. The molecule has 2 aromatic rings. The number of piperidine rings is 1. The van der Waals surface area contributed by atoms with Crippen LogP contribution < -0.4 is 19.7 Å². The van der Waals surface area contributed by atoms with E-state index in [1.807, 2.05) is 12.1 Å². The molecule has 2 aliphatic rings. The number of ether oxygens (including phenoxy) is 2. The van der Waals surface area contributed by atoms with E-state index in [2.05, 4.69) is 40.5 Å². The average Bonchev–Trinajstić information content (AvgIpc) is 3.09. The molecule has 2 aromatic carbocycles. The van der Waals surface area contributed by atoms with Gasteiger partial charge >= 0.3 is 0 Å². The SMILES string of the molecule is c1cc2c(cc1CNc1ccc(N3CCCCC3)cc1)OCO2. The van der Waals surface area contributed by atoms with Gasteiger partial charge in [-0.1, -0.05) is 6.07 Å². The van der Waals surface area contributed by atoms with Gasteiger partial charge in [0, 0.05) is 31.0 Å². The molecule has 0 saturated carbocycles. The van der Waals surface area contributed by atoms with Gasteiger partial charge in [-0.3, -0.25) is 0 Å². The molecule has 0 unspecified atom stereocenters. The van der Waals surface area contributed by atoms with Crippen molar-refractivity contribution in [3.8, 4) is 11.5 Å². The fraction of sp³-hybridized carbons (Fsp3) is 0.368. The number of fused-ring (bicyclic) bond motifs is 1. The molecule has 4 nitrogen and oxygen atoms in total. The van der Waals surface area contributed by atoms with Crippen molar-refractivity contribution < 1.29 is 9.47 Å². The number of nitrogens with one attached hydrogen (secondary N) is 1. The molecule has 0 aliphatic carbocycles. The molecule has 4 rings (SSSR count). The molecule has 0 bridgehead atoms. The van der Waals surface area contributed by atoms with E-state index in [1.165, 1.54) is 43.6 Å². The number of hydrogen-bond acceptors (Lipinski definition) is 4. The number of hydrogen-bond donors (Lipinski definition) is 1. The summed E-state index contributed by atoms with van der Waals surface area (Å²) in [5.74, 6) is 1.67. The van der Waals surface area contributed by atoms with Crippen molar-refractivity contribution in [3.05, 3.63) is 48.0 Å². The second kappa shape index (κ2) is 6.41. The molecular weight excluding hydrogens is 288 g/mol. The summed E-state index contributed by atoms with van der Waals surface area (Å²) in [5.41, 5.74) is 3.66. The Kier molecular flexibility index (Phi) is 3.97. The summed E-state index contributed by atoms with van der Waals surface area (Å²) in [6, 6.07) is 14.8. The largest absolute Gasteiger partial charge is 0.454 e. The highest BCUT2D eigenvalue weighted by atomic mass is 16.7. The first kappa shape index (κ1) is 14.2. The Bertz CT molecular complexity index is 664. The van der Waals surface area contributed by atoms with Gasteiger partial charge in [-0.25, -0.2) is 0 Å². The lowest BCUT2D eigenvalue weighted by Gasteiger charge is -2.28. The average molecular weight is 310 g/mol. The smallest absolute Gasteiger partial charge is 0.231 e. The molecule has 1 fully saturated rings. The first-order valence-corrected chi connectivity index (χ1v) is 8.36. The Morgan fingerprint density at radius 3 is 2.48 bits per heavy atom. The van der Waals surface area contributed by atoms with Crippen molar-refractivity contribution in [2.75, 3.05) is 30.1 Å². The normalized spacial score (nSPS) is 16.4. The van der Waals surface area contributed by atoms with Crippen LogP contribution in [0.4, 0.5) is 11.4 Å². The lowest BCUT2D eigenvalue weighted by molar-refractivity contribution is 0.174. The Hall–Kier alpha value is -2.36. The number of benzene rings is 2. The van der Waals surface area contributed by atoms with Crippen LogP contribution in [-0.4, -0.2) is 19.9 Å². The number of rotatable bonds is 4. The van der Waals surface area contributed by atoms with Crippen LogP contribution in [0, 0.1) is 0 Å². The quantitative estimate of drug-likeness (QED) is 0.925. The van der Waals surface area contributed by atoms with E-state index in [1.54, 1.807) is 0 Å². The van der Waals surface area contributed by atoms with Gasteiger partial charge in [0.05, 0.1) is 0 Å². The molecule has 0 radical (unpaired) electrons. The van der Waals surface area contributed by atoms with Crippen molar-refractivity contribution in [3.63, 3.8) is 0 Å². The predicted octanol–water partition coefficient (Wildman–Crippen LogP) is 4.02. The molecule has 1 saturated heterocycles. The number of anilines is 2. The molecule has 4 heteroatoms. The van der Waals surface area contributed by atoms with Gasteiger partial charge < -0.3 is 19.7 Å². The predicted molar refractivity (Wildman–Crippen MR) is 92.4 cm³/mol. The minimum absolute atomic E-state index is 0.324. The van der Waals surface area contributed by atoms with Gasteiger partial charge in [-0.15, -0.1) is 0 Å². The molecule has 0 spiro atoms. The molecule has 2 aliphatic heterocycles. The van der Waals surface area contributed by atoms with Crippen molar-refractivity contribution in [2.24, 2.45) is 0 Å². The summed E-state index contributed by atoms with van der Waals surface area (Å²) < 4.78 is 10.8. The molecule has 0 aromatic heterocycles. The second-order valence-corrected chi connectivity index (χ2v) is 6.14. The highest BCUT2D eigenvalue weighted by Crippen LogP contribution is 2.32. The van der Waals surface area contributed by atoms with E-state index in [-0.39, 0.29) is 0 Å². The lowest BCUT2D eigenvalue weighted by Crippen LogP contribution is -2.29. The first-order valence-electron chi connectivity index (χ1n) is 8.36. The standard InChI is InChI=1S/C19H22N2O2/c1-2-10-21(11-3-1)17-7-5-16(6-8-17)20-13-15-4-9-18-19(12-15)23-14-22-18/h4-9,12,20H,1-3,10-11,13-14H2. The topological polar surface area (TPSA) is 33.7 Å². The van der Waals surface area contributed by atoms with E-state index < -0.39 is 0 Å². The van der Waals surface area contributed by atoms with E-state index in [4.69, 9.17) is 9.47 Å². The summed E-state index contributed by atoms with van der Waals surface area (Å²) in [6.45, 7) is 3.47. The van der Waals surface area contributed by atoms with Gasteiger partial charge in [-0.05, 0) is 61.2 Å². The lowest BCUT2D eigenvalue weighted by atomic mass is 10.1. The summed E-state index contributed by atoms with van der Waals surface area (Å²) in [7, 11) is 0. The monoisotopic (exact) mass is 310 g/mol. The maximum Gasteiger partial charge on any atom is 0.231 e. The van der Waals surface area contributed by atoms with Crippen molar-refractivity contribution in [2.45, 2.75) is 25.8 Å². The van der Waals surface area contributed by atoms with Gasteiger partial charge in [0.15, 0.2) is 11.5 Å². The van der Waals surface area contributed by atoms with Crippen molar-refractivity contribution >= 4 is 11.4 Å². The van der Waals surface area contributed by atoms with E-state index in [9.17, 15) is 0 Å². The maximum atomic E-state index is 5.42. The zero-order valence-corrected chi connectivity index (χ0v) is 13.3. The zero-order valence-electron chi connectivity index (χ0n) is 13.3. The summed E-state index contributed by atoms with van der Waals surface area (Å²) >= 11 is 0. The van der Waals surface area contributed by atoms with Gasteiger partial charge in [-0.2, -0.15) is 0 Å². The Balaban J connectivity index is 1.37. The highest BCUT2D eigenvalue weighted by Gasteiger charge is 2.13. The van der Waals surface area contributed by atoms with Crippen LogP contribution in [0.5, 0.6) is 11.5 Å². The molecule has 2 heterocycles. The fourth-order valence-corrected chi connectivity index (χ4v) is 3.20. The van der Waals surface area contributed by atoms with E-state index in [0.29, 0.717) is 6.79 Å². The van der Waals surface area contributed by atoms with Crippen molar-refractivity contribution in [1.29, 1.82) is 0 Å². The summed E-state index contributed by atoms with van der Waals surface area (Å²) in [5, 5.41) is 3.47. The second-order valence-electron chi connectivity index (χ2n) is 6.14. The van der Waals surface area contributed by atoms with Crippen LogP contribution in [0.25, 0.3) is 0 Å². The molecule has 0 amide bonds. The molecule has 0 atom stereocenters. The highest BCUT2D eigenvalue weighted by molar-refractivity contribution is 5.55. The van der Waals surface area contributed by atoms with Crippen LogP contribution in [-0.2, 0) is 6.54 Å². The third kappa shape index (κ3) is 3.21. The van der Waals surface area contributed by atoms with Gasteiger partial charge in [0.1, 0.15) is 0 Å². The van der Waals surface area contributed by atoms with Crippen molar-refractivity contribution in [1.82, 2.24) is 0 Å². The maximum absolute atomic E-state index is 5.42. The summed E-state index contributed by atoms with van der Waals surface area (Å²) in [6.07, 6.45) is 3.99. The minimum Gasteiger partial charge on any atom is -0.454 e. The molecule has 1 N–H and O–H groups in total. The fourth-order valence-electron chi connectivity index (χ4n) is 3.20. The third-order valence-electron chi connectivity index (χ3n) is 4.52. The molecule has 120 valence electrons. The van der Waals surface area contributed by atoms with Gasteiger partial charge in [0.2, 0.25) is 6.79 Å². The summed E-state index contributed by atoms with van der Waals surface area (Å²) in [4.78, 5) is 2.48. The number of nitrogens with zero attached hydrogens (tertiary/aromatic N) is 1. The first-order chi connectivity index (χ1) is 11.4. The Labute approximate surface area is 137 Å². The van der Waals surface area contributed by atoms with Crippen LogP contribution in [0.2, 0.25) is 0 Å². The van der Waals surface area contributed by atoms with E-state index >= 15 is 0 Å².